The van der Waals surface area contributed by atoms with E-state index in [9.17, 15) is 10.1 Å². The minimum Gasteiger partial charge on any atom is -0.328 e. The zero-order valence-corrected chi connectivity index (χ0v) is 8.36. The van der Waals surface area contributed by atoms with Gasteiger partial charge in [-0.3, -0.25) is 10.1 Å². The van der Waals surface area contributed by atoms with E-state index < -0.39 is 4.92 Å². The van der Waals surface area contributed by atoms with E-state index in [-0.39, 0.29) is 16.9 Å². The van der Waals surface area contributed by atoms with Crippen LogP contribution in [0.5, 0.6) is 0 Å². The summed E-state index contributed by atoms with van der Waals surface area (Å²) in [6.07, 6.45) is 0.553. The smallest absolute Gasteiger partial charge is 0.306 e. The Bertz CT molecular complexity index is 354. The molecule has 6 heteroatoms. The summed E-state index contributed by atoms with van der Waals surface area (Å²) < 4.78 is 0. The molecule has 1 aromatic heterocycles. The predicted molar refractivity (Wildman–Crippen MR) is 53.3 cm³/mol. The second kappa shape index (κ2) is 4.34. The lowest BCUT2D eigenvalue weighted by Crippen LogP contribution is -2.18. The predicted octanol–water partition coefficient (Wildman–Crippen LogP) is 1.53. The lowest BCUT2D eigenvalue weighted by Gasteiger charge is -2.04. The molecule has 0 aliphatic carbocycles. The third kappa shape index (κ3) is 2.65. The van der Waals surface area contributed by atoms with Crippen LogP contribution in [0.2, 0.25) is 5.15 Å². The Morgan fingerprint density at radius 2 is 2.36 bits per heavy atom. The van der Waals surface area contributed by atoms with E-state index in [1.54, 1.807) is 6.07 Å². The Morgan fingerprint density at radius 1 is 1.71 bits per heavy atom. The van der Waals surface area contributed by atoms with Crippen molar-refractivity contribution in [3.63, 3.8) is 0 Å². The van der Waals surface area contributed by atoms with Crippen molar-refractivity contribution in [2.75, 3.05) is 0 Å². The number of aromatic nitrogens is 1. The number of pyridine rings is 1. The lowest BCUT2D eigenvalue weighted by molar-refractivity contribution is -0.385. The fourth-order valence-corrected chi connectivity index (χ4v) is 1.28. The summed E-state index contributed by atoms with van der Waals surface area (Å²) >= 11 is 5.61. The van der Waals surface area contributed by atoms with Gasteiger partial charge >= 0.3 is 5.69 Å². The maximum atomic E-state index is 10.4. The molecule has 1 heterocycles. The quantitative estimate of drug-likeness (QED) is 0.471. The SMILES string of the molecule is CC(N)Cc1ccc([N+](=O)[O-])c(Cl)n1. The van der Waals surface area contributed by atoms with Crippen LogP contribution in [-0.2, 0) is 6.42 Å². The number of rotatable bonds is 3. The molecule has 0 amide bonds. The average Bonchev–Trinajstić information content (AvgIpc) is 2.01. The molecule has 0 fully saturated rings. The molecule has 0 saturated heterocycles. The average molecular weight is 216 g/mol. The van der Waals surface area contributed by atoms with E-state index in [1.807, 2.05) is 6.92 Å². The molecule has 1 aromatic rings. The number of nitrogens with two attached hydrogens (primary N) is 1. The summed E-state index contributed by atoms with van der Waals surface area (Å²) in [5.74, 6) is 0. The number of hydrogen-bond acceptors (Lipinski definition) is 4. The van der Waals surface area contributed by atoms with Crippen molar-refractivity contribution in [3.05, 3.63) is 33.1 Å². The van der Waals surface area contributed by atoms with Gasteiger partial charge in [0, 0.05) is 24.2 Å². The summed E-state index contributed by atoms with van der Waals surface area (Å²) in [5.41, 5.74) is 6.04. The van der Waals surface area contributed by atoms with Crippen LogP contribution in [0.1, 0.15) is 12.6 Å². The molecule has 0 radical (unpaired) electrons. The summed E-state index contributed by atoms with van der Waals surface area (Å²) in [6, 6.07) is 2.86. The van der Waals surface area contributed by atoms with Crippen LogP contribution in [0.4, 0.5) is 5.69 Å². The first-order chi connectivity index (χ1) is 6.50. The van der Waals surface area contributed by atoms with Crippen molar-refractivity contribution in [3.8, 4) is 0 Å². The molecule has 0 saturated carbocycles. The van der Waals surface area contributed by atoms with Crippen LogP contribution in [0.15, 0.2) is 12.1 Å². The van der Waals surface area contributed by atoms with Crippen molar-refractivity contribution in [2.45, 2.75) is 19.4 Å². The van der Waals surface area contributed by atoms with E-state index in [0.29, 0.717) is 12.1 Å². The van der Waals surface area contributed by atoms with E-state index in [0.717, 1.165) is 0 Å². The normalized spacial score (nSPS) is 12.5. The molecule has 14 heavy (non-hydrogen) atoms. The van der Waals surface area contributed by atoms with E-state index >= 15 is 0 Å². The molecule has 2 N–H and O–H groups in total. The van der Waals surface area contributed by atoms with Gasteiger partial charge in [-0.1, -0.05) is 11.6 Å². The third-order valence-corrected chi connectivity index (χ3v) is 1.89. The summed E-state index contributed by atoms with van der Waals surface area (Å²) in [4.78, 5) is 13.7. The monoisotopic (exact) mass is 215 g/mol. The molecule has 1 rings (SSSR count). The molecule has 1 unspecified atom stereocenters. The molecule has 76 valence electrons. The van der Waals surface area contributed by atoms with Gasteiger partial charge in [0.1, 0.15) is 0 Å². The molecule has 0 bridgehead atoms. The van der Waals surface area contributed by atoms with E-state index in [1.165, 1.54) is 6.07 Å². The highest BCUT2D eigenvalue weighted by Gasteiger charge is 2.13. The summed E-state index contributed by atoms with van der Waals surface area (Å²) in [7, 11) is 0. The van der Waals surface area contributed by atoms with E-state index in [2.05, 4.69) is 4.98 Å². The fraction of sp³-hybridized carbons (Fsp3) is 0.375. The highest BCUT2D eigenvalue weighted by Crippen LogP contribution is 2.21. The molecular formula is C8H10ClN3O2. The van der Waals surface area contributed by atoms with E-state index in [4.69, 9.17) is 17.3 Å². The molecule has 0 aromatic carbocycles. The molecule has 0 aliphatic heterocycles. The molecule has 5 nitrogen and oxygen atoms in total. The van der Waals surface area contributed by atoms with Crippen molar-refractivity contribution >= 4 is 17.3 Å². The largest absolute Gasteiger partial charge is 0.328 e. The van der Waals surface area contributed by atoms with Crippen LogP contribution < -0.4 is 5.73 Å². The number of hydrogen-bond donors (Lipinski definition) is 1. The third-order valence-electron chi connectivity index (χ3n) is 1.61. The maximum Gasteiger partial charge on any atom is 0.306 e. The first kappa shape index (κ1) is 10.9. The number of nitrogens with zero attached hydrogens (tertiary/aromatic N) is 2. The number of halogens is 1. The molecule has 0 aliphatic rings. The van der Waals surface area contributed by atoms with Crippen LogP contribution in [-0.4, -0.2) is 15.9 Å². The Balaban J connectivity index is 2.94. The minimum absolute atomic E-state index is 0.0416. The Kier molecular flexibility index (Phi) is 3.38. The second-order valence-electron chi connectivity index (χ2n) is 3.05. The Morgan fingerprint density at radius 3 is 2.79 bits per heavy atom. The zero-order valence-electron chi connectivity index (χ0n) is 7.61. The van der Waals surface area contributed by atoms with Crippen molar-refractivity contribution < 1.29 is 4.92 Å². The van der Waals surface area contributed by atoms with Gasteiger partial charge in [-0.05, 0) is 13.0 Å². The maximum absolute atomic E-state index is 10.4. The highest BCUT2D eigenvalue weighted by atomic mass is 35.5. The number of nitro groups is 1. The van der Waals surface area contributed by atoms with Gasteiger partial charge in [-0.2, -0.15) is 0 Å². The van der Waals surface area contributed by atoms with Crippen LogP contribution >= 0.6 is 11.6 Å². The highest BCUT2D eigenvalue weighted by molar-refractivity contribution is 6.31. The summed E-state index contributed by atoms with van der Waals surface area (Å²) in [5, 5.41) is 10.3. The van der Waals surface area contributed by atoms with Crippen molar-refractivity contribution in [2.24, 2.45) is 5.73 Å². The van der Waals surface area contributed by atoms with Gasteiger partial charge in [0.05, 0.1) is 4.92 Å². The first-order valence-electron chi connectivity index (χ1n) is 4.06. The van der Waals surface area contributed by atoms with Crippen LogP contribution in [0.3, 0.4) is 0 Å². The van der Waals surface area contributed by atoms with Gasteiger partial charge in [0.25, 0.3) is 0 Å². The molecule has 0 spiro atoms. The van der Waals surface area contributed by atoms with Gasteiger partial charge in [0.2, 0.25) is 5.15 Å². The fourth-order valence-electron chi connectivity index (χ4n) is 1.04. The Labute approximate surface area is 86.0 Å². The second-order valence-corrected chi connectivity index (χ2v) is 3.41. The van der Waals surface area contributed by atoms with Gasteiger partial charge in [-0.25, -0.2) is 4.98 Å². The standard InChI is InChI=1S/C8H10ClN3O2/c1-5(10)4-6-2-3-7(12(13)14)8(9)11-6/h2-3,5H,4,10H2,1H3. The topological polar surface area (TPSA) is 82.0 Å². The lowest BCUT2D eigenvalue weighted by atomic mass is 10.2. The molecule has 1 atom stereocenters. The zero-order chi connectivity index (χ0) is 10.7. The van der Waals surface area contributed by atoms with Crippen molar-refractivity contribution in [1.29, 1.82) is 0 Å². The first-order valence-corrected chi connectivity index (χ1v) is 4.44. The molecular weight excluding hydrogens is 206 g/mol. The van der Waals surface area contributed by atoms with Gasteiger partial charge in [-0.15, -0.1) is 0 Å². The summed E-state index contributed by atoms with van der Waals surface area (Å²) in [6.45, 7) is 1.83. The van der Waals surface area contributed by atoms with Gasteiger partial charge < -0.3 is 5.73 Å². The van der Waals surface area contributed by atoms with Gasteiger partial charge in [0.15, 0.2) is 0 Å². The van der Waals surface area contributed by atoms with Crippen LogP contribution in [0, 0.1) is 10.1 Å². The minimum atomic E-state index is -0.564. The van der Waals surface area contributed by atoms with Crippen LogP contribution in [0.25, 0.3) is 0 Å². The van der Waals surface area contributed by atoms with Crippen molar-refractivity contribution in [1.82, 2.24) is 4.98 Å². The Hall–Kier alpha value is -1.20.